The Morgan fingerprint density at radius 3 is 2.70 bits per heavy atom. The number of rotatable bonds is 6. The number of aryl methyl sites for hydroxylation is 1. The van der Waals surface area contributed by atoms with Crippen molar-refractivity contribution in [3.63, 3.8) is 0 Å². The molecule has 0 unspecified atom stereocenters. The molecule has 0 fully saturated rings. The number of hydrogen-bond donors (Lipinski definition) is 1. The number of nitro groups is 1. The van der Waals surface area contributed by atoms with Crippen molar-refractivity contribution < 1.29 is 14.5 Å². The van der Waals surface area contributed by atoms with Crippen molar-refractivity contribution in [3.8, 4) is 5.75 Å². The van der Waals surface area contributed by atoms with Crippen LogP contribution in [0.25, 0.3) is 0 Å². The first kappa shape index (κ1) is 16.2. The minimum absolute atomic E-state index is 0.00209. The Morgan fingerprint density at radius 1 is 1.30 bits per heavy atom. The maximum atomic E-state index is 11.6. The molecule has 0 heterocycles. The van der Waals surface area contributed by atoms with Crippen LogP contribution in [0.5, 0.6) is 5.75 Å². The Bertz CT molecular complexity index is 726. The molecule has 2 aromatic carbocycles. The molecule has 7 nitrogen and oxygen atoms in total. The molecular weight excluding hydrogens is 298 g/mol. The van der Waals surface area contributed by atoms with E-state index in [4.69, 9.17) is 4.74 Å². The molecule has 0 atom stereocenters. The van der Waals surface area contributed by atoms with E-state index < -0.39 is 10.8 Å². The predicted octanol–water partition coefficient (Wildman–Crippen LogP) is 2.43. The Hall–Kier alpha value is -3.22. The van der Waals surface area contributed by atoms with Gasteiger partial charge in [-0.05, 0) is 42.3 Å². The first-order valence-electron chi connectivity index (χ1n) is 6.80. The minimum Gasteiger partial charge on any atom is -0.484 e. The minimum atomic E-state index is -0.481. The predicted molar refractivity (Wildman–Crippen MR) is 85.5 cm³/mol. The van der Waals surface area contributed by atoms with E-state index in [1.165, 1.54) is 30.5 Å². The standard InChI is InChI=1S/C16H15N3O4/c1-12-3-2-4-15(9-12)23-11-16(20)18-17-10-13-5-7-14(8-6-13)19(21)22/h2-10H,11H2,1H3,(H,18,20)/b17-10+. The van der Waals surface area contributed by atoms with Crippen LogP contribution in [-0.2, 0) is 4.79 Å². The smallest absolute Gasteiger partial charge is 0.277 e. The van der Waals surface area contributed by atoms with Crippen LogP contribution >= 0.6 is 0 Å². The van der Waals surface area contributed by atoms with E-state index in [0.717, 1.165) is 5.56 Å². The number of amides is 1. The van der Waals surface area contributed by atoms with Crippen LogP contribution in [0, 0.1) is 17.0 Å². The maximum absolute atomic E-state index is 11.6. The van der Waals surface area contributed by atoms with E-state index in [-0.39, 0.29) is 12.3 Å². The van der Waals surface area contributed by atoms with Gasteiger partial charge in [0.15, 0.2) is 6.61 Å². The van der Waals surface area contributed by atoms with E-state index >= 15 is 0 Å². The number of ether oxygens (including phenoxy) is 1. The number of benzene rings is 2. The molecule has 0 aliphatic heterocycles. The number of non-ortho nitro benzene ring substituents is 1. The Balaban J connectivity index is 1.80. The lowest BCUT2D eigenvalue weighted by atomic mass is 10.2. The number of carbonyl (C=O) groups is 1. The van der Waals surface area contributed by atoms with Gasteiger partial charge >= 0.3 is 0 Å². The van der Waals surface area contributed by atoms with Crippen molar-refractivity contribution >= 4 is 17.8 Å². The van der Waals surface area contributed by atoms with Crippen LogP contribution < -0.4 is 10.2 Å². The first-order valence-corrected chi connectivity index (χ1v) is 6.80. The van der Waals surface area contributed by atoms with Gasteiger partial charge in [-0.25, -0.2) is 5.43 Å². The molecule has 2 aromatic rings. The van der Waals surface area contributed by atoms with Crippen LogP contribution in [0.3, 0.4) is 0 Å². The summed E-state index contributed by atoms with van der Waals surface area (Å²) >= 11 is 0. The topological polar surface area (TPSA) is 93.8 Å². The molecule has 7 heteroatoms. The molecule has 0 saturated heterocycles. The molecular formula is C16H15N3O4. The van der Waals surface area contributed by atoms with Gasteiger partial charge in [0.2, 0.25) is 0 Å². The molecule has 118 valence electrons. The molecule has 0 spiro atoms. The summed E-state index contributed by atoms with van der Waals surface area (Å²) in [5.41, 5.74) is 4.00. The fourth-order valence-electron chi connectivity index (χ4n) is 1.75. The monoisotopic (exact) mass is 313 g/mol. The van der Waals surface area contributed by atoms with Gasteiger partial charge in [0.05, 0.1) is 11.1 Å². The summed E-state index contributed by atoms with van der Waals surface area (Å²) in [5.74, 6) is 0.212. The zero-order valence-electron chi connectivity index (χ0n) is 12.4. The van der Waals surface area contributed by atoms with Crippen LogP contribution in [0.2, 0.25) is 0 Å². The van der Waals surface area contributed by atoms with Gasteiger partial charge in [-0.3, -0.25) is 14.9 Å². The SMILES string of the molecule is Cc1cccc(OCC(=O)N/N=C/c2ccc([N+](=O)[O-])cc2)c1. The zero-order valence-corrected chi connectivity index (χ0v) is 12.4. The first-order chi connectivity index (χ1) is 11.0. The van der Waals surface area contributed by atoms with Crippen LogP contribution in [0.1, 0.15) is 11.1 Å². The molecule has 0 aliphatic carbocycles. The summed E-state index contributed by atoms with van der Waals surface area (Å²) in [6.45, 7) is 1.78. The molecule has 0 radical (unpaired) electrons. The lowest BCUT2D eigenvalue weighted by Gasteiger charge is -2.05. The fraction of sp³-hybridized carbons (Fsp3) is 0.125. The Kier molecular flexibility index (Phi) is 5.40. The number of nitrogens with one attached hydrogen (secondary N) is 1. The number of nitro benzene ring substituents is 1. The van der Waals surface area contributed by atoms with Crippen molar-refractivity contribution in [2.24, 2.45) is 5.10 Å². The summed E-state index contributed by atoms with van der Waals surface area (Å²) in [7, 11) is 0. The molecule has 1 N–H and O–H groups in total. The fourth-order valence-corrected chi connectivity index (χ4v) is 1.75. The molecule has 2 rings (SSSR count). The summed E-state index contributed by atoms with van der Waals surface area (Å²) in [5, 5.41) is 14.3. The third kappa shape index (κ3) is 5.24. The van der Waals surface area contributed by atoms with Crippen molar-refractivity contribution in [2.75, 3.05) is 6.61 Å². The average Bonchev–Trinajstić information content (AvgIpc) is 2.53. The highest BCUT2D eigenvalue weighted by molar-refractivity contribution is 5.83. The van der Waals surface area contributed by atoms with E-state index in [1.807, 2.05) is 25.1 Å². The average molecular weight is 313 g/mol. The second-order valence-electron chi connectivity index (χ2n) is 4.75. The highest BCUT2D eigenvalue weighted by atomic mass is 16.6. The maximum Gasteiger partial charge on any atom is 0.277 e. The second-order valence-corrected chi connectivity index (χ2v) is 4.75. The van der Waals surface area contributed by atoms with Crippen LogP contribution in [0.4, 0.5) is 5.69 Å². The lowest BCUT2D eigenvalue weighted by Crippen LogP contribution is -2.24. The number of carbonyl (C=O) groups excluding carboxylic acids is 1. The van der Waals surface area contributed by atoms with E-state index in [1.54, 1.807) is 6.07 Å². The van der Waals surface area contributed by atoms with Crippen molar-refractivity contribution in [3.05, 3.63) is 69.8 Å². The number of hydrogen-bond acceptors (Lipinski definition) is 5. The van der Waals surface area contributed by atoms with Gasteiger partial charge in [-0.1, -0.05) is 12.1 Å². The third-order valence-corrected chi connectivity index (χ3v) is 2.87. The molecule has 0 saturated carbocycles. The van der Waals surface area contributed by atoms with Crippen LogP contribution in [-0.4, -0.2) is 23.7 Å². The molecule has 0 bridgehead atoms. The Morgan fingerprint density at radius 2 is 2.04 bits per heavy atom. The lowest BCUT2D eigenvalue weighted by molar-refractivity contribution is -0.384. The van der Waals surface area contributed by atoms with E-state index in [2.05, 4.69) is 10.5 Å². The van der Waals surface area contributed by atoms with E-state index in [9.17, 15) is 14.9 Å². The summed E-state index contributed by atoms with van der Waals surface area (Å²) in [6, 6.07) is 13.2. The Labute approximate surface area is 132 Å². The van der Waals surface area contributed by atoms with Gasteiger partial charge in [-0.2, -0.15) is 5.10 Å². The molecule has 1 amide bonds. The van der Waals surface area contributed by atoms with Crippen molar-refractivity contribution in [1.29, 1.82) is 0 Å². The second kappa shape index (κ2) is 7.69. The summed E-state index contributed by atoms with van der Waals surface area (Å²) in [4.78, 5) is 21.6. The van der Waals surface area contributed by atoms with Gasteiger partial charge in [0.1, 0.15) is 5.75 Å². The van der Waals surface area contributed by atoms with Gasteiger partial charge in [0.25, 0.3) is 11.6 Å². The molecule has 23 heavy (non-hydrogen) atoms. The third-order valence-electron chi connectivity index (χ3n) is 2.87. The summed E-state index contributed by atoms with van der Waals surface area (Å²) < 4.78 is 5.33. The van der Waals surface area contributed by atoms with Crippen molar-refractivity contribution in [2.45, 2.75) is 6.92 Å². The largest absolute Gasteiger partial charge is 0.484 e. The zero-order chi connectivity index (χ0) is 16.7. The highest BCUT2D eigenvalue weighted by Crippen LogP contribution is 2.12. The van der Waals surface area contributed by atoms with E-state index in [0.29, 0.717) is 11.3 Å². The molecule has 0 aromatic heterocycles. The summed E-state index contributed by atoms with van der Waals surface area (Å²) in [6.07, 6.45) is 1.40. The van der Waals surface area contributed by atoms with Crippen LogP contribution in [0.15, 0.2) is 53.6 Å². The number of nitrogens with zero attached hydrogens (tertiary/aromatic N) is 2. The van der Waals surface area contributed by atoms with Gasteiger partial charge in [0, 0.05) is 12.1 Å². The van der Waals surface area contributed by atoms with Crippen molar-refractivity contribution in [1.82, 2.24) is 5.43 Å². The van der Waals surface area contributed by atoms with Gasteiger partial charge in [-0.15, -0.1) is 0 Å². The quantitative estimate of drug-likeness (QED) is 0.503. The van der Waals surface area contributed by atoms with Gasteiger partial charge < -0.3 is 4.74 Å². The molecule has 0 aliphatic rings. The normalized spacial score (nSPS) is 10.5. The highest BCUT2D eigenvalue weighted by Gasteiger charge is 2.03. The number of hydrazone groups is 1.